The van der Waals surface area contributed by atoms with Gasteiger partial charge in [0.15, 0.2) is 0 Å². The van der Waals surface area contributed by atoms with Gasteiger partial charge in [0.25, 0.3) is 0 Å². The van der Waals surface area contributed by atoms with Gasteiger partial charge >= 0.3 is 0 Å². The molecule has 3 fully saturated rings. The zero-order chi connectivity index (χ0) is 21.8. The van der Waals surface area contributed by atoms with Crippen LogP contribution in [0.1, 0.15) is 50.0 Å². The molecule has 0 spiro atoms. The molecule has 3 heterocycles. The molecule has 0 bridgehead atoms. The van der Waals surface area contributed by atoms with E-state index in [-0.39, 0.29) is 37.3 Å². The lowest BCUT2D eigenvalue weighted by atomic mass is 9.75. The van der Waals surface area contributed by atoms with Crippen molar-refractivity contribution in [1.82, 2.24) is 26.6 Å². The SMILES string of the molecule is [2H]C([2H])([2H])CNC1CC(C)NC(NC2CC3OCCOC3C(C3=CCNCCC3)C2)N1. The van der Waals surface area contributed by atoms with Crippen LogP contribution in [0.15, 0.2) is 11.6 Å². The molecule has 5 N–H and O–H groups in total. The van der Waals surface area contributed by atoms with E-state index in [1.165, 1.54) is 12.0 Å². The number of nitrogens with one attached hydrogen (secondary N) is 5. The molecule has 1 saturated carbocycles. The Labute approximate surface area is 174 Å². The quantitative estimate of drug-likeness (QED) is 0.437. The molecule has 28 heavy (non-hydrogen) atoms. The summed E-state index contributed by atoms with van der Waals surface area (Å²) in [6.07, 6.45) is 7.59. The molecule has 1 aliphatic carbocycles. The second kappa shape index (κ2) is 9.98. The maximum absolute atomic E-state index is 7.45. The average Bonchev–Trinajstić information content (AvgIpc) is 3.00. The largest absolute Gasteiger partial charge is 0.373 e. The van der Waals surface area contributed by atoms with E-state index in [9.17, 15) is 0 Å². The Balaban J connectivity index is 1.39. The first kappa shape index (κ1) is 17.2. The molecule has 0 amide bonds. The molecule has 0 aromatic heterocycles. The highest BCUT2D eigenvalue weighted by atomic mass is 16.6. The highest BCUT2D eigenvalue weighted by molar-refractivity contribution is 5.15. The number of hydrogen-bond acceptors (Lipinski definition) is 7. The third kappa shape index (κ3) is 5.14. The van der Waals surface area contributed by atoms with Crippen LogP contribution in [0.25, 0.3) is 0 Å². The fourth-order valence-corrected chi connectivity index (χ4v) is 5.26. The second-order valence-electron chi connectivity index (χ2n) is 8.61. The Hall–Kier alpha value is -0.540. The fourth-order valence-electron chi connectivity index (χ4n) is 5.26. The van der Waals surface area contributed by atoms with E-state index in [1.54, 1.807) is 0 Å². The lowest BCUT2D eigenvalue weighted by molar-refractivity contribution is -0.173. The van der Waals surface area contributed by atoms with E-state index >= 15 is 0 Å². The third-order valence-electron chi connectivity index (χ3n) is 6.51. The Kier molecular flexibility index (Phi) is 6.12. The van der Waals surface area contributed by atoms with Gasteiger partial charge in [0.1, 0.15) is 6.29 Å². The average molecular weight is 397 g/mol. The normalized spacial score (nSPS) is 44.4. The molecular weight excluding hydrogens is 354 g/mol. The van der Waals surface area contributed by atoms with Crippen molar-refractivity contribution in [3.05, 3.63) is 11.6 Å². The maximum Gasteiger partial charge on any atom is 0.113 e. The highest BCUT2D eigenvalue weighted by Gasteiger charge is 2.43. The van der Waals surface area contributed by atoms with Crippen molar-refractivity contribution in [2.24, 2.45) is 5.92 Å². The van der Waals surface area contributed by atoms with Crippen molar-refractivity contribution in [3.63, 3.8) is 0 Å². The molecule has 0 aromatic rings. The third-order valence-corrected chi connectivity index (χ3v) is 6.51. The van der Waals surface area contributed by atoms with E-state index in [0.717, 1.165) is 38.8 Å². The van der Waals surface area contributed by atoms with Gasteiger partial charge in [0, 0.05) is 28.7 Å². The van der Waals surface area contributed by atoms with Crippen LogP contribution >= 0.6 is 0 Å². The first-order chi connectivity index (χ1) is 14.9. The van der Waals surface area contributed by atoms with Gasteiger partial charge in [0.05, 0.1) is 31.6 Å². The Morgan fingerprint density at radius 3 is 3.07 bits per heavy atom. The van der Waals surface area contributed by atoms with Crippen LogP contribution in [0.5, 0.6) is 0 Å². The van der Waals surface area contributed by atoms with E-state index in [4.69, 9.17) is 13.6 Å². The van der Waals surface area contributed by atoms with Gasteiger partial charge in [-0.2, -0.15) is 0 Å². The minimum atomic E-state index is -1.97. The monoisotopic (exact) mass is 396 g/mol. The lowest BCUT2D eigenvalue weighted by Gasteiger charge is -2.47. The van der Waals surface area contributed by atoms with Crippen LogP contribution in [-0.4, -0.2) is 69.6 Å². The van der Waals surface area contributed by atoms with Gasteiger partial charge in [0.2, 0.25) is 0 Å². The topological polar surface area (TPSA) is 78.6 Å². The minimum absolute atomic E-state index is 0.00668. The van der Waals surface area contributed by atoms with Crippen molar-refractivity contribution in [2.75, 3.05) is 32.8 Å². The van der Waals surface area contributed by atoms with Gasteiger partial charge in [-0.15, -0.1) is 0 Å². The van der Waals surface area contributed by atoms with E-state index in [0.29, 0.717) is 25.2 Å². The van der Waals surface area contributed by atoms with E-state index in [2.05, 4.69) is 39.6 Å². The molecule has 4 aliphatic rings. The fraction of sp³-hybridized carbons (Fsp3) is 0.905. The van der Waals surface area contributed by atoms with Crippen molar-refractivity contribution < 1.29 is 13.6 Å². The summed E-state index contributed by atoms with van der Waals surface area (Å²) < 4.78 is 34.7. The molecule has 0 radical (unpaired) electrons. The minimum Gasteiger partial charge on any atom is -0.373 e. The molecule has 7 nitrogen and oxygen atoms in total. The van der Waals surface area contributed by atoms with Crippen LogP contribution in [-0.2, 0) is 9.47 Å². The predicted octanol–water partition coefficient (Wildman–Crippen LogP) is 0.639. The van der Waals surface area contributed by atoms with Gasteiger partial charge < -0.3 is 20.1 Å². The molecule has 0 aromatic carbocycles. The lowest BCUT2D eigenvalue weighted by Crippen LogP contribution is -2.69. The van der Waals surface area contributed by atoms with Gasteiger partial charge in [-0.05, 0) is 52.1 Å². The van der Waals surface area contributed by atoms with Crippen molar-refractivity contribution in [3.8, 4) is 0 Å². The van der Waals surface area contributed by atoms with Crippen LogP contribution in [0, 0.1) is 5.92 Å². The van der Waals surface area contributed by atoms with Crippen LogP contribution in [0.2, 0.25) is 0 Å². The molecule has 2 saturated heterocycles. The summed E-state index contributed by atoms with van der Waals surface area (Å²) in [5.41, 5.74) is 1.51. The van der Waals surface area contributed by atoms with Crippen molar-refractivity contribution in [1.29, 1.82) is 0 Å². The predicted molar refractivity (Wildman–Crippen MR) is 111 cm³/mol. The zero-order valence-electron chi connectivity index (χ0n) is 20.0. The maximum atomic E-state index is 7.45. The summed E-state index contributed by atoms with van der Waals surface area (Å²) in [5, 5.41) is 17.4. The van der Waals surface area contributed by atoms with E-state index < -0.39 is 6.85 Å². The molecule has 7 heteroatoms. The second-order valence-corrected chi connectivity index (χ2v) is 8.61. The molecule has 160 valence electrons. The van der Waals surface area contributed by atoms with Crippen LogP contribution in [0.4, 0.5) is 0 Å². The Morgan fingerprint density at radius 1 is 1.21 bits per heavy atom. The molecular formula is C21H39N5O2. The highest BCUT2D eigenvalue weighted by Crippen LogP contribution is 2.37. The number of ether oxygens (including phenoxy) is 2. The number of rotatable bonds is 5. The van der Waals surface area contributed by atoms with Gasteiger partial charge in [-0.25, -0.2) is 0 Å². The summed E-state index contributed by atoms with van der Waals surface area (Å²) in [5.74, 6) is 0.377. The smallest absolute Gasteiger partial charge is 0.113 e. The van der Waals surface area contributed by atoms with Crippen molar-refractivity contribution in [2.45, 2.75) is 82.6 Å². The standard InChI is InChI=1S/C21H39N5O2/c1-3-23-19-11-14(2)24-21(26-19)25-16-12-17(15-5-4-7-22-8-6-15)20-18(13-16)27-9-10-28-20/h6,14,16-26H,3-5,7-13H2,1-2H3/i1D3. The summed E-state index contributed by atoms with van der Waals surface area (Å²) in [7, 11) is 0. The van der Waals surface area contributed by atoms with Gasteiger partial charge in [-0.1, -0.05) is 18.5 Å². The van der Waals surface area contributed by atoms with E-state index in [1.807, 2.05) is 0 Å². The van der Waals surface area contributed by atoms with Crippen LogP contribution in [0.3, 0.4) is 0 Å². The van der Waals surface area contributed by atoms with Crippen LogP contribution < -0.4 is 26.6 Å². The summed E-state index contributed by atoms with van der Waals surface area (Å²) in [4.78, 5) is 0. The first-order valence-electron chi connectivity index (χ1n) is 12.5. The Morgan fingerprint density at radius 2 is 2.14 bits per heavy atom. The number of fused-ring (bicyclic) bond motifs is 1. The van der Waals surface area contributed by atoms with Gasteiger partial charge in [-0.3, -0.25) is 16.0 Å². The molecule has 7 atom stereocenters. The molecule has 7 unspecified atom stereocenters. The Bertz CT molecular complexity index is 620. The molecule has 4 rings (SSSR count). The summed E-state index contributed by atoms with van der Waals surface area (Å²) in [6.45, 7) is 3.53. The first-order valence-corrected chi connectivity index (χ1v) is 11.0. The summed E-state index contributed by atoms with van der Waals surface area (Å²) >= 11 is 0. The zero-order valence-corrected chi connectivity index (χ0v) is 17.0. The molecule has 3 aliphatic heterocycles. The van der Waals surface area contributed by atoms with Crippen molar-refractivity contribution >= 4 is 0 Å². The summed E-state index contributed by atoms with van der Waals surface area (Å²) in [6, 6.07) is 0.577. The number of hydrogen-bond donors (Lipinski definition) is 5.